The Morgan fingerprint density at radius 1 is 1.19 bits per heavy atom. The zero-order valence-corrected chi connectivity index (χ0v) is 14.7. The van der Waals surface area contributed by atoms with Crippen LogP contribution in [-0.2, 0) is 6.54 Å². The SMILES string of the molecule is COc1ccc(C(=O)NCc2ccc(C(=O)O)cc2)cc1N1CCNC1=O. The number of aromatic carboxylic acids is 1. The number of nitrogens with zero attached hydrogens (tertiary/aromatic N) is 1. The van der Waals surface area contributed by atoms with Gasteiger partial charge in [0.15, 0.2) is 0 Å². The molecule has 1 heterocycles. The molecule has 8 heteroatoms. The monoisotopic (exact) mass is 369 g/mol. The maximum Gasteiger partial charge on any atom is 0.335 e. The predicted octanol–water partition coefficient (Wildman–Crippen LogP) is 1.85. The summed E-state index contributed by atoms with van der Waals surface area (Å²) in [4.78, 5) is 36.8. The van der Waals surface area contributed by atoms with Crippen molar-refractivity contribution < 1.29 is 24.2 Å². The lowest BCUT2D eigenvalue weighted by Gasteiger charge is -2.18. The van der Waals surface area contributed by atoms with Gasteiger partial charge in [0.05, 0.1) is 18.4 Å². The van der Waals surface area contributed by atoms with Gasteiger partial charge in [0.2, 0.25) is 0 Å². The van der Waals surface area contributed by atoms with Crippen LogP contribution < -0.4 is 20.3 Å². The molecule has 2 aromatic rings. The third-order valence-electron chi connectivity index (χ3n) is 4.24. The molecular formula is C19H19N3O5. The average Bonchev–Trinajstić information content (AvgIpc) is 3.11. The van der Waals surface area contributed by atoms with E-state index < -0.39 is 5.97 Å². The molecule has 0 radical (unpaired) electrons. The molecule has 140 valence electrons. The summed E-state index contributed by atoms with van der Waals surface area (Å²) in [6.07, 6.45) is 0. The molecule has 1 fully saturated rings. The molecule has 1 aliphatic heterocycles. The highest BCUT2D eigenvalue weighted by Crippen LogP contribution is 2.30. The van der Waals surface area contributed by atoms with Crippen LogP contribution in [0.1, 0.15) is 26.3 Å². The second kappa shape index (κ2) is 7.77. The largest absolute Gasteiger partial charge is 0.495 e. The highest BCUT2D eigenvalue weighted by Gasteiger charge is 2.25. The lowest BCUT2D eigenvalue weighted by Crippen LogP contribution is -2.29. The summed E-state index contributed by atoms with van der Waals surface area (Å²) < 4.78 is 5.30. The number of anilines is 1. The molecule has 1 saturated heterocycles. The Bertz CT molecular complexity index is 879. The van der Waals surface area contributed by atoms with Gasteiger partial charge in [-0.1, -0.05) is 12.1 Å². The first-order chi connectivity index (χ1) is 13.0. The third kappa shape index (κ3) is 4.00. The van der Waals surface area contributed by atoms with Gasteiger partial charge >= 0.3 is 12.0 Å². The van der Waals surface area contributed by atoms with E-state index in [1.165, 1.54) is 24.1 Å². The number of methoxy groups -OCH3 is 1. The molecule has 0 saturated carbocycles. The fourth-order valence-electron chi connectivity index (χ4n) is 2.79. The Hall–Kier alpha value is -3.55. The van der Waals surface area contributed by atoms with Crippen LogP contribution in [0.2, 0.25) is 0 Å². The number of urea groups is 1. The van der Waals surface area contributed by atoms with Crippen molar-refractivity contribution >= 4 is 23.6 Å². The minimum atomic E-state index is -0.998. The number of carboxylic acids is 1. The molecule has 3 N–H and O–H groups in total. The van der Waals surface area contributed by atoms with Crippen LogP contribution in [0.15, 0.2) is 42.5 Å². The Morgan fingerprint density at radius 3 is 2.48 bits per heavy atom. The normalized spacial score (nSPS) is 13.2. The summed E-state index contributed by atoms with van der Waals surface area (Å²) in [6.45, 7) is 1.28. The average molecular weight is 369 g/mol. The lowest BCUT2D eigenvalue weighted by atomic mass is 10.1. The predicted molar refractivity (Wildman–Crippen MR) is 98.3 cm³/mol. The molecule has 0 aromatic heterocycles. The van der Waals surface area contributed by atoms with Crippen molar-refractivity contribution in [1.82, 2.24) is 10.6 Å². The first kappa shape index (κ1) is 18.2. The fourth-order valence-corrected chi connectivity index (χ4v) is 2.79. The number of nitrogens with one attached hydrogen (secondary N) is 2. The van der Waals surface area contributed by atoms with Crippen LogP contribution in [0, 0.1) is 0 Å². The summed E-state index contributed by atoms with van der Waals surface area (Å²) in [5.41, 5.74) is 1.90. The van der Waals surface area contributed by atoms with Gasteiger partial charge < -0.3 is 20.5 Å². The van der Waals surface area contributed by atoms with Crippen LogP contribution in [0.3, 0.4) is 0 Å². The van der Waals surface area contributed by atoms with Crippen molar-refractivity contribution in [3.05, 3.63) is 59.2 Å². The summed E-state index contributed by atoms with van der Waals surface area (Å²) in [5, 5.41) is 14.4. The Kier molecular flexibility index (Phi) is 5.25. The first-order valence-electron chi connectivity index (χ1n) is 8.33. The van der Waals surface area contributed by atoms with Crippen LogP contribution in [0.25, 0.3) is 0 Å². The standard InChI is InChI=1S/C19H19N3O5/c1-27-16-7-6-14(10-15(16)22-9-8-20-19(22)26)17(23)21-11-12-2-4-13(5-3-12)18(24)25/h2-7,10H,8-9,11H2,1H3,(H,20,26)(H,21,23)(H,24,25). The van der Waals surface area contributed by atoms with Crippen LogP contribution in [-0.4, -0.2) is 43.2 Å². The zero-order chi connectivity index (χ0) is 19.4. The molecule has 3 amide bonds. The number of rotatable bonds is 6. The van der Waals surface area contributed by atoms with E-state index in [4.69, 9.17) is 9.84 Å². The Labute approximate surface area is 155 Å². The minimum Gasteiger partial charge on any atom is -0.495 e. The number of carbonyl (C=O) groups excluding carboxylic acids is 2. The van der Waals surface area contributed by atoms with Gasteiger partial charge in [-0.15, -0.1) is 0 Å². The van der Waals surface area contributed by atoms with Gasteiger partial charge in [-0.3, -0.25) is 9.69 Å². The number of carbonyl (C=O) groups is 3. The number of ether oxygens (including phenoxy) is 1. The van der Waals surface area contributed by atoms with E-state index in [-0.39, 0.29) is 24.0 Å². The fraction of sp³-hybridized carbons (Fsp3) is 0.211. The van der Waals surface area contributed by atoms with Gasteiger partial charge in [0, 0.05) is 25.2 Å². The van der Waals surface area contributed by atoms with E-state index in [1.54, 1.807) is 30.3 Å². The lowest BCUT2D eigenvalue weighted by molar-refractivity contribution is 0.0696. The molecule has 27 heavy (non-hydrogen) atoms. The van der Waals surface area contributed by atoms with Crippen LogP contribution >= 0.6 is 0 Å². The molecule has 2 aromatic carbocycles. The van der Waals surface area contributed by atoms with E-state index in [1.807, 2.05) is 0 Å². The molecule has 3 rings (SSSR count). The number of hydrogen-bond donors (Lipinski definition) is 3. The van der Waals surface area contributed by atoms with E-state index in [0.29, 0.717) is 30.1 Å². The van der Waals surface area contributed by atoms with E-state index in [9.17, 15) is 14.4 Å². The van der Waals surface area contributed by atoms with Gasteiger partial charge in [-0.2, -0.15) is 0 Å². The molecule has 0 bridgehead atoms. The van der Waals surface area contributed by atoms with E-state index >= 15 is 0 Å². The van der Waals surface area contributed by atoms with Crippen molar-refractivity contribution in [2.45, 2.75) is 6.54 Å². The highest BCUT2D eigenvalue weighted by molar-refractivity contribution is 5.99. The first-order valence-corrected chi connectivity index (χ1v) is 8.33. The van der Waals surface area contributed by atoms with Gasteiger partial charge in [0.25, 0.3) is 5.91 Å². The Balaban J connectivity index is 1.72. The highest BCUT2D eigenvalue weighted by atomic mass is 16.5. The Morgan fingerprint density at radius 2 is 1.89 bits per heavy atom. The molecule has 0 spiro atoms. The van der Waals surface area contributed by atoms with Gasteiger partial charge in [0.1, 0.15) is 5.75 Å². The van der Waals surface area contributed by atoms with E-state index in [2.05, 4.69) is 10.6 Å². The molecule has 0 unspecified atom stereocenters. The second-order valence-corrected chi connectivity index (χ2v) is 5.95. The summed E-state index contributed by atoms with van der Waals surface area (Å²) in [6, 6.07) is 10.9. The molecule has 8 nitrogen and oxygen atoms in total. The summed E-state index contributed by atoms with van der Waals surface area (Å²) in [7, 11) is 1.51. The van der Waals surface area contributed by atoms with Crippen LogP contribution in [0.4, 0.5) is 10.5 Å². The molecule has 0 atom stereocenters. The topological polar surface area (TPSA) is 108 Å². The van der Waals surface area contributed by atoms with Gasteiger partial charge in [-0.25, -0.2) is 9.59 Å². The van der Waals surface area contributed by atoms with Crippen molar-refractivity contribution in [3.8, 4) is 5.75 Å². The number of hydrogen-bond acceptors (Lipinski definition) is 4. The van der Waals surface area contributed by atoms with Crippen LogP contribution in [0.5, 0.6) is 5.75 Å². The van der Waals surface area contributed by atoms with Gasteiger partial charge in [-0.05, 0) is 35.9 Å². The van der Waals surface area contributed by atoms with E-state index in [0.717, 1.165) is 5.56 Å². The van der Waals surface area contributed by atoms with Crippen molar-refractivity contribution in [2.24, 2.45) is 0 Å². The van der Waals surface area contributed by atoms with Crippen molar-refractivity contribution in [1.29, 1.82) is 0 Å². The third-order valence-corrected chi connectivity index (χ3v) is 4.24. The summed E-state index contributed by atoms with van der Waals surface area (Å²) >= 11 is 0. The minimum absolute atomic E-state index is 0.189. The quantitative estimate of drug-likeness (QED) is 0.720. The maximum atomic E-state index is 12.5. The maximum absolute atomic E-state index is 12.5. The number of benzene rings is 2. The zero-order valence-electron chi connectivity index (χ0n) is 14.7. The van der Waals surface area contributed by atoms with Crippen molar-refractivity contribution in [2.75, 3.05) is 25.1 Å². The molecule has 1 aliphatic rings. The smallest absolute Gasteiger partial charge is 0.335 e. The second-order valence-electron chi connectivity index (χ2n) is 5.95. The summed E-state index contributed by atoms with van der Waals surface area (Å²) in [5.74, 6) is -0.795. The molecular weight excluding hydrogens is 350 g/mol. The van der Waals surface area contributed by atoms with Crippen molar-refractivity contribution in [3.63, 3.8) is 0 Å². The number of carboxylic acid groups (broad SMARTS) is 1. The number of amides is 3. The molecule has 0 aliphatic carbocycles.